The van der Waals surface area contributed by atoms with Gasteiger partial charge < -0.3 is 5.11 Å². The van der Waals surface area contributed by atoms with Gasteiger partial charge in [0.15, 0.2) is 0 Å². The minimum atomic E-state index is 0.308. The highest BCUT2D eigenvalue weighted by Gasteiger charge is 2.17. The van der Waals surface area contributed by atoms with Crippen LogP contribution in [0.1, 0.15) is 52.9 Å². The van der Waals surface area contributed by atoms with E-state index >= 15 is 0 Å². The van der Waals surface area contributed by atoms with Gasteiger partial charge in [0.25, 0.3) is 0 Å². The van der Waals surface area contributed by atoms with Gasteiger partial charge in [0, 0.05) is 6.61 Å². The van der Waals surface area contributed by atoms with Crippen LogP contribution in [0.15, 0.2) is 12.2 Å². The summed E-state index contributed by atoms with van der Waals surface area (Å²) in [5, 5.41) is 9.15. The molecule has 1 fully saturated rings. The predicted molar refractivity (Wildman–Crippen MR) is 70.3 cm³/mol. The highest BCUT2D eigenvalue weighted by molar-refractivity contribution is 4.94. The molecule has 0 radical (unpaired) electrons. The van der Waals surface area contributed by atoms with Crippen molar-refractivity contribution >= 4 is 0 Å². The largest absolute Gasteiger partial charge is 0.396 e. The third-order valence-corrected chi connectivity index (χ3v) is 4.35. The topological polar surface area (TPSA) is 20.2 Å². The number of allylic oxidation sites excluding steroid dienone is 2. The molecule has 0 aromatic rings. The first kappa shape index (κ1) is 13.8. The van der Waals surface area contributed by atoms with Crippen molar-refractivity contribution in [3.05, 3.63) is 12.2 Å². The van der Waals surface area contributed by atoms with Crippen LogP contribution in [0.5, 0.6) is 0 Å². The molecule has 1 N–H and O–H groups in total. The molecular weight excluding hydrogens is 196 g/mol. The van der Waals surface area contributed by atoms with Crippen LogP contribution in [-0.2, 0) is 0 Å². The van der Waals surface area contributed by atoms with Crippen molar-refractivity contribution in [2.24, 2.45) is 23.7 Å². The van der Waals surface area contributed by atoms with E-state index in [9.17, 15) is 0 Å². The van der Waals surface area contributed by atoms with Crippen LogP contribution < -0.4 is 0 Å². The zero-order valence-electron chi connectivity index (χ0n) is 11.2. The standard InChI is InChI=1S/C15H28O/c1-12(14(3)13(2)11-16)9-10-15-7-5-4-6-8-15/h9-10,12-16H,4-8,11H2,1-3H3/b10-9+/t12-,13-,14+/m0/s1. The fourth-order valence-electron chi connectivity index (χ4n) is 2.52. The van der Waals surface area contributed by atoms with E-state index in [2.05, 4.69) is 32.9 Å². The molecule has 0 aromatic heterocycles. The molecule has 0 aromatic carbocycles. The van der Waals surface area contributed by atoms with Gasteiger partial charge in [0.1, 0.15) is 0 Å². The van der Waals surface area contributed by atoms with Gasteiger partial charge in [-0.15, -0.1) is 0 Å². The lowest BCUT2D eigenvalue weighted by atomic mass is 9.83. The molecule has 0 spiro atoms. The zero-order valence-corrected chi connectivity index (χ0v) is 11.2. The summed E-state index contributed by atoms with van der Waals surface area (Å²) in [5.41, 5.74) is 0. The summed E-state index contributed by atoms with van der Waals surface area (Å²) in [4.78, 5) is 0. The second-order valence-corrected chi connectivity index (χ2v) is 5.66. The first-order chi connectivity index (χ1) is 7.65. The summed E-state index contributed by atoms with van der Waals surface area (Å²) in [6, 6.07) is 0. The summed E-state index contributed by atoms with van der Waals surface area (Å²) in [6.45, 7) is 6.96. The Morgan fingerprint density at radius 3 is 2.31 bits per heavy atom. The highest BCUT2D eigenvalue weighted by Crippen LogP contribution is 2.27. The van der Waals surface area contributed by atoms with E-state index in [1.807, 2.05) is 0 Å². The molecule has 3 atom stereocenters. The molecule has 1 nitrogen and oxygen atoms in total. The average Bonchev–Trinajstić information content (AvgIpc) is 2.35. The Bertz CT molecular complexity index is 203. The van der Waals surface area contributed by atoms with Crippen LogP contribution in [0.25, 0.3) is 0 Å². The minimum Gasteiger partial charge on any atom is -0.396 e. The monoisotopic (exact) mass is 224 g/mol. The van der Waals surface area contributed by atoms with Crippen molar-refractivity contribution in [3.8, 4) is 0 Å². The van der Waals surface area contributed by atoms with Gasteiger partial charge in [-0.05, 0) is 36.5 Å². The molecule has 0 aliphatic heterocycles. The van der Waals surface area contributed by atoms with E-state index in [4.69, 9.17) is 5.11 Å². The second-order valence-electron chi connectivity index (χ2n) is 5.66. The number of aliphatic hydroxyl groups excluding tert-OH is 1. The van der Waals surface area contributed by atoms with E-state index in [0.29, 0.717) is 24.4 Å². The quantitative estimate of drug-likeness (QED) is 0.699. The summed E-state index contributed by atoms with van der Waals surface area (Å²) in [7, 11) is 0. The van der Waals surface area contributed by atoms with Crippen LogP contribution in [0.4, 0.5) is 0 Å². The van der Waals surface area contributed by atoms with Gasteiger partial charge in [-0.3, -0.25) is 0 Å². The molecule has 1 rings (SSSR count). The van der Waals surface area contributed by atoms with E-state index in [-0.39, 0.29) is 0 Å². The van der Waals surface area contributed by atoms with Crippen molar-refractivity contribution in [1.29, 1.82) is 0 Å². The minimum absolute atomic E-state index is 0.308. The molecule has 0 amide bonds. The van der Waals surface area contributed by atoms with E-state index in [1.165, 1.54) is 32.1 Å². The zero-order chi connectivity index (χ0) is 12.0. The number of hydrogen-bond donors (Lipinski definition) is 1. The highest BCUT2D eigenvalue weighted by atomic mass is 16.3. The molecule has 1 aliphatic rings. The van der Waals surface area contributed by atoms with Gasteiger partial charge in [-0.25, -0.2) is 0 Å². The maximum atomic E-state index is 9.15. The first-order valence-corrected chi connectivity index (χ1v) is 6.94. The van der Waals surface area contributed by atoms with Gasteiger partial charge in [0.05, 0.1) is 0 Å². The summed E-state index contributed by atoms with van der Waals surface area (Å²) in [6.07, 6.45) is 11.8. The maximum absolute atomic E-state index is 9.15. The molecular formula is C15H28O. The van der Waals surface area contributed by atoms with Crippen molar-refractivity contribution in [2.45, 2.75) is 52.9 Å². The normalized spacial score (nSPS) is 24.5. The van der Waals surface area contributed by atoms with Crippen LogP contribution in [-0.4, -0.2) is 11.7 Å². The molecule has 1 saturated carbocycles. The second kappa shape index (κ2) is 7.11. The third kappa shape index (κ3) is 4.29. The maximum Gasteiger partial charge on any atom is 0.0459 e. The van der Waals surface area contributed by atoms with Gasteiger partial charge in [0.2, 0.25) is 0 Å². The van der Waals surface area contributed by atoms with Crippen LogP contribution in [0, 0.1) is 23.7 Å². The Labute approximate surface area is 101 Å². The molecule has 1 aliphatic carbocycles. The van der Waals surface area contributed by atoms with Crippen molar-refractivity contribution in [1.82, 2.24) is 0 Å². The van der Waals surface area contributed by atoms with Crippen LogP contribution >= 0.6 is 0 Å². The molecule has 94 valence electrons. The molecule has 0 unspecified atom stereocenters. The average molecular weight is 224 g/mol. The Kier molecular flexibility index (Phi) is 6.12. The summed E-state index contributed by atoms with van der Waals surface area (Å²) >= 11 is 0. The first-order valence-electron chi connectivity index (χ1n) is 6.94. The lowest BCUT2D eigenvalue weighted by molar-refractivity contribution is 0.177. The lowest BCUT2D eigenvalue weighted by Gasteiger charge is -2.23. The molecule has 16 heavy (non-hydrogen) atoms. The van der Waals surface area contributed by atoms with Crippen molar-refractivity contribution < 1.29 is 5.11 Å². The van der Waals surface area contributed by atoms with Crippen molar-refractivity contribution in [2.75, 3.05) is 6.61 Å². The Morgan fingerprint density at radius 1 is 1.12 bits per heavy atom. The van der Waals surface area contributed by atoms with Gasteiger partial charge in [-0.1, -0.05) is 52.2 Å². The third-order valence-electron chi connectivity index (χ3n) is 4.35. The van der Waals surface area contributed by atoms with E-state index < -0.39 is 0 Å². The summed E-state index contributed by atoms with van der Waals surface area (Å²) in [5.74, 6) is 2.40. The fourth-order valence-corrected chi connectivity index (χ4v) is 2.52. The van der Waals surface area contributed by atoms with Gasteiger partial charge in [-0.2, -0.15) is 0 Å². The fraction of sp³-hybridized carbons (Fsp3) is 0.867. The SMILES string of the molecule is C[C@H]([C@@H](C)/C=C/C1CCCCC1)[C@@H](C)CO. The molecule has 1 heteroatoms. The smallest absolute Gasteiger partial charge is 0.0459 e. The molecule has 0 saturated heterocycles. The summed E-state index contributed by atoms with van der Waals surface area (Å²) < 4.78 is 0. The number of rotatable bonds is 5. The molecule has 0 heterocycles. The Morgan fingerprint density at radius 2 is 1.75 bits per heavy atom. The number of aliphatic hydroxyl groups is 1. The lowest BCUT2D eigenvalue weighted by Crippen LogP contribution is -2.18. The van der Waals surface area contributed by atoms with E-state index in [0.717, 1.165) is 5.92 Å². The molecule has 0 bridgehead atoms. The van der Waals surface area contributed by atoms with Gasteiger partial charge >= 0.3 is 0 Å². The Hall–Kier alpha value is -0.300. The predicted octanol–water partition coefficient (Wildman–Crippen LogP) is 4.02. The Balaban J connectivity index is 2.36. The van der Waals surface area contributed by atoms with Crippen molar-refractivity contribution in [3.63, 3.8) is 0 Å². The van der Waals surface area contributed by atoms with E-state index in [1.54, 1.807) is 0 Å². The van der Waals surface area contributed by atoms with Crippen LogP contribution in [0.2, 0.25) is 0 Å². The van der Waals surface area contributed by atoms with Crippen LogP contribution in [0.3, 0.4) is 0 Å². The number of hydrogen-bond acceptors (Lipinski definition) is 1.